The smallest absolute Gasteiger partial charge is 0.339 e. The lowest BCUT2D eigenvalue weighted by atomic mass is 10.2. The van der Waals surface area contributed by atoms with Gasteiger partial charge >= 0.3 is 6.03 Å². The second-order valence-corrected chi connectivity index (χ2v) is 7.40. The van der Waals surface area contributed by atoms with Gasteiger partial charge in [-0.25, -0.2) is 10.2 Å². The Balaban J connectivity index is 1.59. The second kappa shape index (κ2) is 10.7. The van der Waals surface area contributed by atoms with Crippen LogP contribution in [-0.2, 0) is 6.61 Å². The molecule has 31 heavy (non-hydrogen) atoms. The molecule has 3 aromatic carbocycles. The maximum atomic E-state index is 12.0. The van der Waals surface area contributed by atoms with Crippen molar-refractivity contribution in [1.29, 1.82) is 0 Å². The first kappa shape index (κ1) is 22.5. The number of nitrogens with one attached hydrogen (secondary N) is 2. The summed E-state index contributed by atoms with van der Waals surface area (Å²) in [4.78, 5) is 12.0. The first-order valence-corrected chi connectivity index (χ1v) is 10.1. The number of para-hydroxylation sites is 1. The number of rotatable bonds is 7. The standard InChI is InChI=1S/C23H21Cl2N3O3/c1-15-5-3-4-6-20(15)27-23(29)28-26-13-16-8-10-21(22(12-16)30-2)31-14-17-7-9-18(24)19(25)11-17/h3-13H,14H2,1-2H3,(H2,27,28,29). The first-order chi connectivity index (χ1) is 15.0. The summed E-state index contributed by atoms with van der Waals surface area (Å²) in [5.74, 6) is 1.10. The van der Waals surface area contributed by atoms with Gasteiger partial charge in [0.15, 0.2) is 11.5 Å². The molecule has 160 valence electrons. The lowest BCUT2D eigenvalue weighted by molar-refractivity contribution is 0.252. The van der Waals surface area contributed by atoms with E-state index in [1.807, 2.05) is 37.3 Å². The molecule has 0 aliphatic rings. The number of hydrogen-bond acceptors (Lipinski definition) is 4. The van der Waals surface area contributed by atoms with Crippen LogP contribution in [-0.4, -0.2) is 19.4 Å². The number of halogens is 2. The fraction of sp³-hybridized carbons (Fsp3) is 0.130. The lowest BCUT2D eigenvalue weighted by Crippen LogP contribution is -2.24. The van der Waals surface area contributed by atoms with Gasteiger partial charge in [-0.05, 0) is 60.0 Å². The molecule has 0 saturated heterocycles. The molecule has 2 amide bonds. The van der Waals surface area contributed by atoms with Crippen LogP contribution in [0.25, 0.3) is 0 Å². The van der Waals surface area contributed by atoms with Gasteiger partial charge in [0.25, 0.3) is 0 Å². The van der Waals surface area contributed by atoms with E-state index in [1.165, 1.54) is 6.21 Å². The minimum Gasteiger partial charge on any atom is -0.493 e. The van der Waals surface area contributed by atoms with Crippen molar-refractivity contribution >= 4 is 41.1 Å². The van der Waals surface area contributed by atoms with Crippen molar-refractivity contribution in [1.82, 2.24) is 5.43 Å². The summed E-state index contributed by atoms with van der Waals surface area (Å²) in [7, 11) is 1.55. The molecule has 0 heterocycles. The molecule has 3 aromatic rings. The van der Waals surface area contributed by atoms with Crippen molar-refractivity contribution < 1.29 is 14.3 Å². The van der Waals surface area contributed by atoms with Gasteiger partial charge in [0, 0.05) is 5.69 Å². The van der Waals surface area contributed by atoms with Crippen LogP contribution in [0, 0.1) is 6.92 Å². The van der Waals surface area contributed by atoms with Crippen LogP contribution in [0.15, 0.2) is 65.8 Å². The van der Waals surface area contributed by atoms with Crippen LogP contribution in [0.1, 0.15) is 16.7 Å². The summed E-state index contributed by atoms with van der Waals surface area (Å²) >= 11 is 12.0. The quantitative estimate of drug-likeness (QED) is 0.335. The number of anilines is 1. The normalized spacial score (nSPS) is 10.7. The van der Waals surface area contributed by atoms with Gasteiger partial charge in [0.05, 0.1) is 23.4 Å². The van der Waals surface area contributed by atoms with Crippen LogP contribution >= 0.6 is 23.2 Å². The average Bonchev–Trinajstić information content (AvgIpc) is 2.76. The molecule has 0 fully saturated rings. The van der Waals surface area contributed by atoms with Crippen LogP contribution in [0.3, 0.4) is 0 Å². The van der Waals surface area contributed by atoms with Crippen molar-refractivity contribution in [3.8, 4) is 11.5 Å². The largest absolute Gasteiger partial charge is 0.493 e. The van der Waals surface area contributed by atoms with Gasteiger partial charge in [0.1, 0.15) is 6.61 Å². The van der Waals surface area contributed by atoms with E-state index in [2.05, 4.69) is 15.8 Å². The summed E-state index contributed by atoms with van der Waals surface area (Å²) in [6.45, 7) is 2.22. The van der Waals surface area contributed by atoms with Crippen molar-refractivity contribution in [2.24, 2.45) is 5.10 Å². The highest BCUT2D eigenvalue weighted by Gasteiger charge is 2.07. The molecule has 2 N–H and O–H groups in total. The third-order valence-electron chi connectivity index (χ3n) is 4.34. The number of nitrogens with zero attached hydrogens (tertiary/aromatic N) is 1. The Kier molecular flexibility index (Phi) is 7.76. The molecule has 0 aromatic heterocycles. The predicted molar refractivity (Wildman–Crippen MR) is 125 cm³/mol. The Hall–Kier alpha value is -3.22. The summed E-state index contributed by atoms with van der Waals surface area (Å²) < 4.78 is 11.2. The van der Waals surface area contributed by atoms with Gasteiger partial charge in [-0.3, -0.25) is 0 Å². The molecule has 0 bridgehead atoms. The maximum Gasteiger partial charge on any atom is 0.339 e. The zero-order chi connectivity index (χ0) is 22.2. The van der Waals surface area contributed by atoms with Gasteiger partial charge in [-0.1, -0.05) is 47.5 Å². The van der Waals surface area contributed by atoms with Gasteiger partial charge in [0.2, 0.25) is 0 Å². The van der Waals surface area contributed by atoms with E-state index in [0.717, 1.165) is 22.4 Å². The Bertz CT molecular complexity index is 1100. The highest BCUT2D eigenvalue weighted by atomic mass is 35.5. The number of methoxy groups -OCH3 is 1. The third-order valence-corrected chi connectivity index (χ3v) is 5.08. The van der Waals surface area contributed by atoms with Crippen LogP contribution in [0.4, 0.5) is 10.5 Å². The predicted octanol–water partition coefficient (Wildman–Crippen LogP) is 6.05. The average molecular weight is 458 g/mol. The van der Waals surface area contributed by atoms with E-state index in [4.69, 9.17) is 32.7 Å². The Labute approximate surface area is 190 Å². The number of hydrogen-bond donors (Lipinski definition) is 2. The fourth-order valence-corrected chi connectivity index (χ4v) is 3.02. The molecule has 8 heteroatoms. The summed E-state index contributed by atoms with van der Waals surface area (Å²) in [6, 6.07) is 17.7. The molecule has 0 spiro atoms. The Morgan fingerprint density at radius 1 is 1.03 bits per heavy atom. The van der Waals surface area contributed by atoms with Crippen molar-refractivity contribution in [2.75, 3.05) is 12.4 Å². The zero-order valence-corrected chi connectivity index (χ0v) is 18.5. The monoisotopic (exact) mass is 457 g/mol. The Morgan fingerprint density at radius 3 is 2.58 bits per heavy atom. The maximum absolute atomic E-state index is 12.0. The van der Waals surface area contributed by atoms with Gasteiger partial charge in [-0.2, -0.15) is 5.10 Å². The SMILES string of the molecule is COc1cc(C=NNC(=O)Nc2ccccc2C)ccc1OCc1ccc(Cl)c(Cl)c1. The van der Waals surface area contributed by atoms with E-state index in [0.29, 0.717) is 28.2 Å². The van der Waals surface area contributed by atoms with E-state index < -0.39 is 6.03 Å². The molecule has 0 saturated carbocycles. The molecule has 0 aliphatic heterocycles. The molecule has 0 atom stereocenters. The van der Waals surface area contributed by atoms with Crippen LogP contribution < -0.4 is 20.2 Å². The van der Waals surface area contributed by atoms with Crippen LogP contribution in [0.2, 0.25) is 10.0 Å². The molecule has 3 rings (SSSR count). The van der Waals surface area contributed by atoms with E-state index in [1.54, 1.807) is 37.4 Å². The fourth-order valence-electron chi connectivity index (χ4n) is 2.70. The lowest BCUT2D eigenvalue weighted by Gasteiger charge is -2.12. The molecule has 0 aliphatic carbocycles. The van der Waals surface area contributed by atoms with Crippen molar-refractivity contribution in [2.45, 2.75) is 13.5 Å². The molecule has 6 nitrogen and oxygen atoms in total. The summed E-state index contributed by atoms with van der Waals surface area (Å²) in [6.07, 6.45) is 1.52. The van der Waals surface area contributed by atoms with Crippen molar-refractivity contribution in [3.05, 3.63) is 87.4 Å². The van der Waals surface area contributed by atoms with Gasteiger partial charge in [-0.15, -0.1) is 0 Å². The number of aryl methyl sites for hydroxylation is 1. The zero-order valence-electron chi connectivity index (χ0n) is 17.0. The molecule has 0 radical (unpaired) electrons. The number of ether oxygens (including phenoxy) is 2. The highest BCUT2D eigenvalue weighted by Crippen LogP contribution is 2.29. The third kappa shape index (κ3) is 6.38. The molecule has 0 unspecified atom stereocenters. The molecular formula is C23H21Cl2N3O3. The topological polar surface area (TPSA) is 72.0 Å². The van der Waals surface area contributed by atoms with E-state index in [-0.39, 0.29) is 0 Å². The molecular weight excluding hydrogens is 437 g/mol. The Morgan fingerprint density at radius 2 is 1.84 bits per heavy atom. The summed E-state index contributed by atoms with van der Waals surface area (Å²) in [5.41, 5.74) is 5.73. The number of urea groups is 1. The second-order valence-electron chi connectivity index (χ2n) is 6.59. The highest BCUT2D eigenvalue weighted by molar-refractivity contribution is 6.42. The van der Waals surface area contributed by atoms with Gasteiger partial charge < -0.3 is 14.8 Å². The number of carbonyl (C=O) groups excluding carboxylic acids is 1. The van der Waals surface area contributed by atoms with Crippen molar-refractivity contribution in [3.63, 3.8) is 0 Å². The summed E-state index contributed by atoms with van der Waals surface area (Å²) in [5, 5.41) is 7.68. The minimum atomic E-state index is -0.431. The minimum absolute atomic E-state index is 0.307. The number of benzene rings is 3. The first-order valence-electron chi connectivity index (χ1n) is 9.36. The number of amides is 2. The van der Waals surface area contributed by atoms with E-state index >= 15 is 0 Å². The van der Waals surface area contributed by atoms with Crippen LogP contribution in [0.5, 0.6) is 11.5 Å². The van der Waals surface area contributed by atoms with E-state index in [9.17, 15) is 4.79 Å². The number of carbonyl (C=O) groups is 1. The number of hydrazone groups is 1.